The number of aromatic nitrogens is 1. The van der Waals surface area contributed by atoms with Crippen LogP contribution in [0.1, 0.15) is 30.6 Å². The molecule has 1 aromatic carbocycles. The molecule has 160 valence electrons. The molecule has 0 spiro atoms. The molecule has 4 N–H and O–H groups in total. The third kappa shape index (κ3) is 2.78. The van der Waals surface area contributed by atoms with Gasteiger partial charge in [0.25, 0.3) is 5.91 Å². The van der Waals surface area contributed by atoms with Crippen LogP contribution in [0.15, 0.2) is 24.0 Å². The van der Waals surface area contributed by atoms with Gasteiger partial charge in [-0.3, -0.25) is 15.1 Å². The molecule has 30 heavy (non-hydrogen) atoms. The number of ether oxygens (including phenoxy) is 3. The molecule has 3 aliphatic rings. The van der Waals surface area contributed by atoms with E-state index < -0.39 is 0 Å². The Kier molecular flexibility index (Phi) is 4.63. The van der Waals surface area contributed by atoms with Gasteiger partial charge in [-0.1, -0.05) is 0 Å². The van der Waals surface area contributed by atoms with Crippen LogP contribution < -0.4 is 20.7 Å². The van der Waals surface area contributed by atoms with E-state index in [1.54, 1.807) is 20.5 Å². The smallest absolute Gasteiger partial charge is 0.264 e. The third-order valence-electron chi connectivity index (χ3n) is 7.11. The Hall–Kier alpha value is -2.71. The van der Waals surface area contributed by atoms with Crippen molar-refractivity contribution >= 4 is 16.8 Å². The van der Waals surface area contributed by atoms with Crippen molar-refractivity contribution < 1.29 is 19.0 Å². The number of benzene rings is 1. The SMILES string of the molecule is COc1cc2[nH]c3c(c2cc1OC)CCN1CC2C(C[C@H]31)C(C(=O)NN)=CO[C@H]2C. The molecule has 0 saturated carbocycles. The molecule has 5 rings (SSSR count). The first kappa shape index (κ1) is 19.3. The number of carbonyl (C=O) groups excluding carboxylic acids is 1. The van der Waals surface area contributed by atoms with Crippen LogP contribution in [-0.4, -0.2) is 49.2 Å². The van der Waals surface area contributed by atoms with Gasteiger partial charge in [-0.2, -0.15) is 0 Å². The fourth-order valence-electron chi connectivity index (χ4n) is 5.55. The lowest BCUT2D eigenvalue weighted by atomic mass is 9.72. The van der Waals surface area contributed by atoms with Crippen molar-refractivity contribution in [3.05, 3.63) is 35.2 Å². The van der Waals surface area contributed by atoms with Crippen LogP contribution in [0.25, 0.3) is 10.9 Å². The molecule has 4 heterocycles. The van der Waals surface area contributed by atoms with Gasteiger partial charge in [0.2, 0.25) is 0 Å². The van der Waals surface area contributed by atoms with E-state index in [1.807, 2.05) is 6.07 Å². The van der Waals surface area contributed by atoms with Crippen molar-refractivity contribution in [3.8, 4) is 11.5 Å². The molecule has 4 atom stereocenters. The molecule has 1 saturated heterocycles. The standard InChI is InChI=1S/C22H28N4O4/c1-11-15-9-26-5-4-12-14-7-19(28-2)20(29-3)8-17(14)24-21(12)18(26)6-13(15)16(10-30-11)22(27)25-23/h7-8,10-11,13,15,18,24H,4-6,9,23H2,1-3H3,(H,25,27)/t11-,13?,15?,18+/m0/s1. The summed E-state index contributed by atoms with van der Waals surface area (Å²) in [5, 5.41) is 1.18. The first-order valence-electron chi connectivity index (χ1n) is 10.4. The minimum absolute atomic E-state index is 0.0721. The summed E-state index contributed by atoms with van der Waals surface area (Å²) in [4.78, 5) is 18.6. The molecule has 1 fully saturated rings. The minimum Gasteiger partial charge on any atom is -0.497 e. The Labute approximate surface area is 175 Å². The molecule has 1 amide bonds. The first-order valence-corrected chi connectivity index (χ1v) is 10.4. The molecule has 3 aliphatic heterocycles. The molecule has 8 heteroatoms. The first-order chi connectivity index (χ1) is 14.5. The number of H-pyrrole nitrogens is 1. The monoisotopic (exact) mass is 412 g/mol. The van der Waals surface area contributed by atoms with Gasteiger partial charge in [0.1, 0.15) is 0 Å². The van der Waals surface area contributed by atoms with Gasteiger partial charge < -0.3 is 19.2 Å². The topological polar surface area (TPSA) is 102 Å². The lowest BCUT2D eigenvalue weighted by molar-refractivity contribution is -0.120. The van der Waals surface area contributed by atoms with Gasteiger partial charge in [0.15, 0.2) is 11.5 Å². The molecule has 0 radical (unpaired) electrons. The number of hydrazine groups is 1. The molecular formula is C22H28N4O4. The number of hydrogen-bond donors (Lipinski definition) is 3. The maximum atomic E-state index is 12.4. The van der Waals surface area contributed by atoms with Crippen LogP contribution in [0.5, 0.6) is 11.5 Å². The lowest BCUT2D eigenvalue weighted by Gasteiger charge is -2.49. The Bertz CT molecular complexity index is 1030. The van der Waals surface area contributed by atoms with E-state index >= 15 is 0 Å². The Morgan fingerprint density at radius 2 is 2.07 bits per heavy atom. The Balaban J connectivity index is 1.56. The summed E-state index contributed by atoms with van der Waals surface area (Å²) in [5.74, 6) is 7.01. The highest BCUT2D eigenvalue weighted by Gasteiger charge is 2.46. The van der Waals surface area contributed by atoms with E-state index in [-0.39, 0.29) is 29.9 Å². The largest absolute Gasteiger partial charge is 0.497 e. The maximum absolute atomic E-state index is 12.4. The normalized spacial score (nSPS) is 27.9. The number of nitrogens with one attached hydrogen (secondary N) is 2. The Morgan fingerprint density at radius 1 is 1.30 bits per heavy atom. The van der Waals surface area contributed by atoms with Crippen LogP contribution in [0, 0.1) is 11.8 Å². The van der Waals surface area contributed by atoms with E-state index in [0.717, 1.165) is 37.2 Å². The van der Waals surface area contributed by atoms with Crippen molar-refractivity contribution in [2.75, 3.05) is 27.3 Å². The predicted octanol–water partition coefficient (Wildman–Crippen LogP) is 2.01. The number of nitrogens with two attached hydrogens (primary N) is 1. The summed E-state index contributed by atoms with van der Waals surface area (Å²) in [7, 11) is 3.31. The minimum atomic E-state index is -0.257. The van der Waals surface area contributed by atoms with E-state index in [9.17, 15) is 4.79 Å². The average Bonchev–Trinajstić information content (AvgIpc) is 3.14. The zero-order chi connectivity index (χ0) is 21.0. The zero-order valence-corrected chi connectivity index (χ0v) is 17.5. The van der Waals surface area contributed by atoms with Crippen LogP contribution in [0.4, 0.5) is 0 Å². The van der Waals surface area contributed by atoms with Crippen molar-refractivity contribution in [1.82, 2.24) is 15.3 Å². The number of nitrogens with zero attached hydrogens (tertiary/aromatic N) is 1. The number of rotatable bonds is 3. The molecular weight excluding hydrogens is 384 g/mol. The van der Waals surface area contributed by atoms with Gasteiger partial charge >= 0.3 is 0 Å². The van der Waals surface area contributed by atoms with Crippen LogP contribution in [0.2, 0.25) is 0 Å². The average molecular weight is 412 g/mol. The van der Waals surface area contributed by atoms with Crippen molar-refractivity contribution in [1.29, 1.82) is 0 Å². The van der Waals surface area contributed by atoms with Crippen LogP contribution in [-0.2, 0) is 16.0 Å². The van der Waals surface area contributed by atoms with Gasteiger partial charge in [0, 0.05) is 47.6 Å². The van der Waals surface area contributed by atoms with E-state index in [0.29, 0.717) is 11.3 Å². The van der Waals surface area contributed by atoms with Gasteiger partial charge in [-0.05, 0) is 31.4 Å². The molecule has 0 bridgehead atoms. The summed E-state index contributed by atoms with van der Waals surface area (Å²) >= 11 is 0. The summed E-state index contributed by atoms with van der Waals surface area (Å²) in [6.07, 6.45) is 3.50. The fourth-order valence-corrected chi connectivity index (χ4v) is 5.55. The lowest BCUT2D eigenvalue weighted by Crippen LogP contribution is -2.52. The number of methoxy groups -OCH3 is 2. The maximum Gasteiger partial charge on any atom is 0.264 e. The van der Waals surface area contributed by atoms with Crippen molar-refractivity contribution in [2.24, 2.45) is 17.7 Å². The number of aromatic amines is 1. The highest BCUT2D eigenvalue weighted by atomic mass is 16.5. The second-order valence-corrected chi connectivity index (χ2v) is 8.42. The molecule has 0 aliphatic carbocycles. The highest BCUT2D eigenvalue weighted by Crippen LogP contribution is 2.48. The Morgan fingerprint density at radius 3 is 2.80 bits per heavy atom. The number of fused-ring (bicyclic) bond motifs is 6. The van der Waals surface area contributed by atoms with E-state index in [1.165, 1.54) is 16.6 Å². The quantitative estimate of drug-likeness (QED) is 0.405. The van der Waals surface area contributed by atoms with E-state index in [2.05, 4.69) is 28.3 Å². The highest BCUT2D eigenvalue weighted by molar-refractivity contribution is 5.93. The molecule has 8 nitrogen and oxygen atoms in total. The van der Waals surface area contributed by atoms with Gasteiger partial charge in [0.05, 0.1) is 38.2 Å². The van der Waals surface area contributed by atoms with Crippen molar-refractivity contribution in [2.45, 2.75) is 31.9 Å². The second-order valence-electron chi connectivity index (χ2n) is 8.42. The zero-order valence-electron chi connectivity index (χ0n) is 17.5. The predicted molar refractivity (Wildman–Crippen MR) is 112 cm³/mol. The number of hydrogen-bond acceptors (Lipinski definition) is 6. The second kappa shape index (κ2) is 7.21. The van der Waals surface area contributed by atoms with Gasteiger partial charge in [-0.25, -0.2) is 5.84 Å². The summed E-state index contributed by atoms with van der Waals surface area (Å²) in [6.45, 7) is 3.96. The summed E-state index contributed by atoms with van der Waals surface area (Å²) in [5.41, 5.74) is 6.55. The number of amides is 1. The van der Waals surface area contributed by atoms with E-state index in [4.69, 9.17) is 20.1 Å². The molecule has 1 aromatic heterocycles. The number of piperidine rings is 1. The van der Waals surface area contributed by atoms with Crippen LogP contribution >= 0.6 is 0 Å². The fraction of sp³-hybridized carbons (Fsp3) is 0.500. The van der Waals surface area contributed by atoms with Crippen LogP contribution in [0.3, 0.4) is 0 Å². The third-order valence-corrected chi connectivity index (χ3v) is 7.11. The van der Waals surface area contributed by atoms with Gasteiger partial charge in [-0.15, -0.1) is 0 Å². The van der Waals surface area contributed by atoms with Crippen molar-refractivity contribution in [3.63, 3.8) is 0 Å². The summed E-state index contributed by atoms with van der Waals surface area (Å²) < 4.78 is 16.8. The number of carbonyl (C=O) groups is 1. The molecule has 2 aromatic rings. The summed E-state index contributed by atoms with van der Waals surface area (Å²) in [6, 6.07) is 4.29. The molecule has 2 unspecified atom stereocenters.